The number of methoxy groups -OCH3 is 1. The summed E-state index contributed by atoms with van der Waals surface area (Å²) in [6.45, 7) is 3.62. The molecule has 5 rings (SSSR count). The van der Waals surface area contributed by atoms with Crippen molar-refractivity contribution in [3.8, 4) is 17.2 Å². The fourth-order valence-corrected chi connectivity index (χ4v) is 4.27. The molecule has 3 aromatic carbocycles. The molecule has 2 aliphatic rings. The summed E-state index contributed by atoms with van der Waals surface area (Å²) in [5, 5.41) is 11.1. The Morgan fingerprint density at radius 3 is 2.68 bits per heavy atom. The predicted molar refractivity (Wildman–Crippen MR) is 125 cm³/mol. The second-order valence-electron chi connectivity index (χ2n) is 8.27. The fourth-order valence-electron chi connectivity index (χ4n) is 4.27. The summed E-state index contributed by atoms with van der Waals surface area (Å²) in [5.74, 6) is 1.90. The van der Waals surface area contributed by atoms with Crippen molar-refractivity contribution in [2.24, 2.45) is 0 Å². The Kier molecular flexibility index (Phi) is 5.51. The van der Waals surface area contributed by atoms with Gasteiger partial charge < -0.3 is 14.2 Å². The Morgan fingerprint density at radius 1 is 1.15 bits per heavy atom. The number of fused-ring (bicyclic) bond motifs is 2. The first-order valence-corrected chi connectivity index (χ1v) is 10.8. The van der Waals surface area contributed by atoms with Gasteiger partial charge in [-0.2, -0.15) is 0 Å². The number of non-ortho nitro benzene ring substituents is 1. The summed E-state index contributed by atoms with van der Waals surface area (Å²) >= 11 is 0. The highest BCUT2D eigenvalue weighted by Crippen LogP contribution is 2.43. The molecular formula is C26H22N2O6. The number of benzene rings is 3. The largest absolute Gasteiger partial charge is 0.497 e. The number of carbonyl (C=O) groups excluding carboxylic acids is 1. The van der Waals surface area contributed by atoms with Gasteiger partial charge >= 0.3 is 0 Å². The Balaban J connectivity index is 1.39. The molecule has 3 aromatic rings. The Hall–Kier alpha value is -4.17. The lowest BCUT2D eigenvalue weighted by Gasteiger charge is -2.30. The third-order valence-corrected chi connectivity index (χ3v) is 5.95. The quantitative estimate of drug-likeness (QED) is 0.306. The molecule has 0 fully saturated rings. The van der Waals surface area contributed by atoms with Crippen molar-refractivity contribution >= 4 is 17.5 Å². The van der Waals surface area contributed by atoms with E-state index in [1.54, 1.807) is 19.2 Å². The summed E-state index contributed by atoms with van der Waals surface area (Å²) in [4.78, 5) is 25.8. The molecule has 2 aliphatic heterocycles. The number of ketones is 1. The Morgan fingerprint density at radius 2 is 1.94 bits per heavy atom. The van der Waals surface area contributed by atoms with E-state index < -0.39 is 4.92 Å². The lowest BCUT2D eigenvalue weighted by atomic mass is 9.99. The third kappa shape index (κ3) is 3.99. The fraction of sp³-hybridized carbons (Fsp3) is 0.192. The van der Waals surface area contributed by atoms with Gasteiger partial charge in [-0.1, -0.05) is 24.3 Å². The average molecular weight is 458 g/mol. The summed E-state index contributed by atoms with van der Waals surface area (Å²) in [5.41, 5.74) is 3.77. The van der Waals surface area contributed by atoms with Gasteiger partial charge in [-0.3, -0.25) is 19.8 Å². The number of allylic oxidation sites excluding steroid dienone is 1. The number of carbonyl (C=O) groups is 1. The van der Waals surface area contributed by atoms with Crippen LogP contribution in [0.25, 0.3) is 6.08 Å². The molecular weight excluding hydrogens is 436 g/mol. The first-order valence-electron chi connectivity index (χ1n) is 10.8. The van der Waals surface area contributed by atoms with Crippen molar-refractivity contribution in [2.45, 2.75) is 20.0 Å². The number of nitrogens with zero attached hydrogens (tertiary/aromatic N) is 2. The number of nitro benzene ring substituents is 1. The molecule has 0 spiro atoms. The maximum Gasteiger partial charge on any atom is 0.270 e. The topological polar surface area (TPSA) is 91.1 Å². The third-order valence-electron chi connectivity index (χ3n) is 5.95. The molecule has 34 heavy (non-hydrogen) atoms. The van der Waals surface area contributed by atoms with E-state index >= 15 is 0 Å². The van der Waals surface area contributed by atoms with Crippen LogP contribution in [-0.4, -0.2) is 29.4 Å². The monoisotopic (exact) mass is 458 g/mol. The average Bonchev–Trinajstić information content (AvgIpc) is 3.15. The van der Waals surface area contributed by atoms with Crippen molar-refractivity contribution < 1.29 is 23.9 Å². The molecule has 0 bridgehead atoms. The zero-order valence-electron chi connectivity index (χ0n) is 18.7. The zero-order valence-corrected chi connectivity index (χ0v) is 18.7. The highest BCUT2D eigenvalue weighted by molar-refractivity contribution is 6.15. The van der Waals surface area contributed by atoms with E-state index in [1.807, 2.05) is 37.3 Å². The van der Waals surface area contributed by atoms with Crippen LogP contribution < -0.4 is 14.2 Å². The van der Waals surface area contributed by atoms with E-state index in [-0.39, 0.29) is 17.2 Å². The summed E-state index contributed by atoms with van der Waals surface area (Å²) < 4.78 is 17.2. The van der Waals surface area contributed by atoms with E-state index in [0.29, 0.717) is 36.7 Å². The van der Waals surface area contributed by atoms with Crippen LogP contribution in [0, 0.1) is 17.0 Å². The van der Waals surface area contributed by atoms with E-state index in [4.69, 9.17) is 14.2 Å². The molecule has 2 heterocycles. The molecule has 8 nitrogen and oxygen atoms in total. The molecule has 0 radical (unpaired) electrons. The molecule has 0 N–H and O–H groups in total. The van der Waals surface area contributed by atoms with Gasteiger partial charge in [0.2, 0.25) is 5.78 Å². The van der Waals surface area contributed by atoms with Gasteiger partial charge in [-0.05, 0) is 42.3 Å². The van der Waals surface area contributed by atoms with E-state index in [1.165, 1.54) is 18.2 Å². The number of ether oxygens (including phenoxy) is 3. The van der Waals surface area contributed by atoms with Gasteiger partial charge in [0.15, 0.2) is 5.76 Å². The van der Waals surface area contributed by atoms with Gasteiger partial charge in [-0.25, -0.2) is 0 Å². The van der Waals surface area contributed by atoms with Gasteiger partial charge in [-0.15, -0.1) is 0 Å². The van der Waals surface area contributed by atoms with E-state index in [2.05, 4.69) is 4.90 Å². The minimum Gasteiger partial charge on any atom is -0.497 e. The standard InChI is InChI=1S/C26H22N2O6/c1-16-25-19(14-27(15-33-25)13-17-6-8-21(32-2)9-7-17)12-22-24(29)23(34-26(16)22)11-18-4-3-5-20(10-18)28(30)31/h3-12H,13-15H2,1-2H3/b23-11-. The number of rotatable bonds is 5. The minimum absolute atomic E-state index is 0.0469. The van der Waals surface area contributed by atoms with Crippen molar-refractivity contribution in [3.05, 3.63) is 98.3 Å². The first kappa shape index (κ1) is 21.7. The van der Waals surface area contributed by atoms with Gasteiger partial charge in [0.25, 0.3) is 5.69 Å². The maximum absolute atomic E-state index is 13.1. The lowest BCUT2D eigenvalue weighted by molar-refractivity contribution is -0.384. The first-order chi connectivity index (χ1) is 16.4. The molecule has 0 saturated heterocycles. The van der Waals surface area contributed by atoms with Crippen LogP contribution in [0.1, 0.15) is 32.6 Å². The van der Waals surface area contributed by atoms with Gasteiger partial charge in [0, 0.05) is 36.3 Å². The van der Waals surface area contributed by atoms with Gasteiger partial charge in [0.05, 0.1) is 17.6 Å². The summed E-state index contributed by atoms with van der Waals surface area (Å²) in [7, 11) is 1.64. The van der Waals surface area contributed by atoms with Crippen molar-refractivity contribution in [1.82, 2.24) is 4.90 Å². The summed E-state index contributed by atoms with van der Waals surface area (Å²) in [6, 6.07) is 15.8. The lowest BCUT2D eigenvalue weighted by Crippen LogP contribution is -2.32. The van der Waals surface area contributed by atoms with Crippen LogP contribution in [0.15, 0.2) is 60.4 Å². The van der Waals surface area contributed by atoms with Crippen LogP contribution >= 0.6 is 0 Å². The van der Waals surface area contributed by atoms with Crippen LogP contribution in [0.3, 0.4) is 0 Å². The van der Waals surface area contributed by atoms with Crippen LogP contribution in [0.5, 0.6) is 17.2 Å². The predicted octanol–water partition coefficient (Wildman–Crippen LogP) is 4.88. The SMILES string of the molecule is COc1ccc(CN2COc3c(cc4c(c3C)O/C(=C\c3cccc([N+](=O)[O-])c3)C4=O)C2)cc1. The number of hydrogen-bond donors (Lipinski definition) is 0. The van der Waals surface area contributed by atoms with Crippen LogP contribution in [0.4, 0.5) is 5.69 Å². The Labute approximate surface area is 196 Å². The van der Waals surface area contributed by atoms with E-state index in [9.17, 15) is 14.9 Å². The number of hydrogen-bond acceptors (Lipinski definition) is 7. The number of Topliss-reactive ketones (excluding diaryl/α,β-unsaturated/α-hetero) is 1. The smallest absolute Gasteiger partial charge is 0.270 e. The second-order valence-corrected chi connectivity index (χ2v) is 8.27. The molecule has 0 saturated carbocycles. The molecule has 8 heteroatoms. The highest BCUT2D eigenvalue weighted by atomic mass is 16.6. The summed E-state index contributed by atoms with van der Waals surface area (Å²) in [6.07, 6.45) is 1.53. The molecule has 0 unspecified atom stereocenters. The molecule has 0 aliphatic carbocycles. The zero-order chi connectivity index (χ0) is 23.8. The Bertz CT molecular complexity index is 1330. The van der Waals surface area contributed by atoms with Gasteiger partial charge in [0.1, 0.15) is 24.0 Å². The van der Waals surface area contributed by atoms with Crippen molar-refractivity contribution in [1.29, 1.82) is 0 Å². The van der Waals surface area contributed by atoms with Crippen molar-refractivity contribution in [3.63, 3.8) is 0 Å². The van der Waals surface area contributed by atoms with Crippen LogP contribution in [-0.2, 0) is 13.1 Å². The van der Waals surface area contributed by atoms with Crippen molar-refractivity contribution in [2.75, 3.05) is 13.8 Å². The molecule has 0 amide bonds. The highest BCUT2D eigenvalue weighted by Gasteiger charge is 2.33. The van der Waals surface area contributed by atoms with E-state index in [0.717, 1.165) is 28.2 Å². The normalized spacial score (nSPS) is 15.9. The number of nitro groups is 1. The maximum atomic E-state index is 13.1. The molecule has 0 atom stereocenters. The molecule has 0 aromatic heterocycles. The second kappa shape index (κ2) is 8.64. The minimum atomic E-state index is -0.471. The van der Waals surface area contributed by atoms with Crippen LogP contribution in [0.2, 0.25) is 0 Å². The molecule has 172 valence electrons.